The Labute approximate surface area is 117 Å². The molecule has 19 heavy (non-hydrogen) atoms. The van der Waals surface area contributed by atoms with Crippen LogP contribution in [0.3, 0.4) is 0 Å². The molecule has 0 spiro atoms. The summed E-state index contributed by atoms with van der Waals surface area (Å²) < 4.78 is 5.05. The SMILES string of the molecule is CSCC[C@@H](O)C(=O)NCc1noc(CC(C)C)n1. The number of hydrogen-bond donors (Lipinski definition) is 2. The van der Waals surface area contributed by atoms with Gasteiger partial charge in [-0.1, -0.05) is 19.0 Å². The van der Waals surface area contributed by atoms with E-state index in [1.54, 1.807) is 11.8 Å². The van der Waals surface area contributed by atoms with Crippen molar-refractivity contribution < 1.29 is 14.4 Å². The molecular formula is C12H21N3O3S. The summed E-state index contributed by atoms with van der Waals surface area (Å²) in [6.07, 6.45) is 2.12. The van der Waals surface area contributed by atoms with Crippen molar-refractivity contribution in [3.05, 3.63) is 11.7 Å². The lowest BCUT2D eigenvalue weighted by Crippen LogP contribution is -2.34. The maximum absolute atomic E-state index is 11.6. The van der Waals surface area contributed by atoms with E-state index in [0.29, 0.717) is 24.1 Å². The van der Waals surface area contributed by atoms with Crippen LogP contribution in [0.4, 0.5) is 0 Å². The number of carbonyl (C=O) groups excluding carboxylic acids is 1. The lowest BCUT2D eigenvalue weighted by molar-refractivity contribution is -0.129. The molecule has 7 heteroatoms. The second kappa shape index (κ2) is 8.16. The fourth-order valence-electron chi connectivity index (χ4n) is 1.44. The first-order valence-electron chi connectivity index (χ1n) is 6.29. The summed E-state index contributed by atoms with van der Waals surface area (Å²) >= 11 is 1.59. The van der Waals surface area contributed by atoms with Crippen LogP contribution in [-0.4, -0.2) is 39.3 Å². The number of aliphatic hydroxyl groups is 1. The molecular weight excluding hydrogens is 266 g/mol. The third kappa shape index (κ3) is 6.07. The van der Waals surface area contributed by atoms with Gasteiger partial charge >= 0.3 is 0 Å². The van der Waals surface area contributed by atoms with Crippen molar-refractivity contribution in [2.45, 2.75) is 39.3 Å². The minimum Gasteiger partial charge on any atom is -0.383 e. The van der Waals surface area contributed by atoms with E-state index >= 15 is 0 Å². The molecule has 0 saturated carbocycles. The third-order valence-corrected chi connectivity index (χ3v) is 3.06. The molecule has 1 atom stereocenters. The number of aromatic nitrogens is 2. The molecule has 0 aliphatic rings. The average molecular weight is 287 g/mol. The van der Waals surface area contributed by atoms with E-state index in [4.69, 9.17) is 4.52 Å². The molecule has 6 nitrogen and oxygen atoms in total. The highest BCUT2D eigenvalue weighted by Gasteiger charge is 2.15. The summed E-state index contributed by atoms with van der Waals surface area (Å²) in [5.74, 6) is 1.79. The lowest BCUT2D eigenvalue weighted by Gasteiger charge is -2.08. The van der Waals surface area contributed by atoms with Gasteiger partial charge in [-0.15, -0.1) is 0 Å². The number of nitrogens with zero attached hydrogens (tertiary/aromatic N) is 2. The Morgan fingerprint density at radius 3 is 2.89 bits per heavy atom. The van der Waals surface area contributed by atoms with Gasteiger partial charge in [-0.2, -0.15) is 16.7 Å². The van der Waals surface area contributed by atoms with E-state index in [-0.39, 0.29) is 6.54 Å². The molecule has 1 aromatic heterocycles. The zero-order chi connectivity index (χ0) is 14.3. The van der Waals surface area contributed by atoms with Crippen LogP contribution in [0, 0.1) is 5.92 Å². The monoisotopic (exact) mass is 287 g/mol. The molecule has 1 amide bonds. The predicted molar refractivity (Wildman–Crippen MR) is 73.7 cm³/mol. The van der Waals surface area contributed by atoms with Crippen LogP contribution in [0.2, 0.25) is 0 Å². The fourth-order valence-corrected chi connectivity index (χ4v) is 1.90. The third-order valence-electron chi connectivity index (χ3n) is 2.41. The first-order valence-corrected chi connectivity index (χ1v) is 7.68. The quantitative estimate of drug-likeness (QED) is 0.741. The first-order chi connectivity index (χ1) is 9.02. The number of amides is 1. The summed E-state index contributed by atoms with van der Waals surface area (Å²) in [6.45, 7) is 4.30. The molecule has 0 unspecified atom stereocenters. The van der Waals surface area contributed by atoms with E-state index in [1.165, 1.54) is 0 Å². The largest absolute Gasteiger partial charge is 0.383 e. The fraction of sp³-hybridized carbons (Fsp3) is 0.750. The summed E-state index contributed by atoms with van der Waals surface area (Å²) in [6, 6.07) is 0. The van der Waals surface area contributed by atoms with Gasteiger partial charge in [0.05, 0.1) is 6.54 Å². The second-order valence-electron chi connectivity index (χ2n) is 4.72. The van der Waals surface area contributed by atoms with Gasteiger partial charge in [0.25, 0.3) is 0 Å². The van der Waals surface area contributed by atoms with Gasteiger partial charge in [0.15, 0.2) is 5.82 Å². The van der Waals surface area contributed by atoms with Gasteiger partial charge < -0.3 is 14.9 Å². The zero-order valence-corrected chi connectivity index (χ0v) is 12.4. The van der Waals surface area contributed by atoms with Crippen LogP contribution < -0.4 is 5.32 Å². The van der Waals surface area contributed by atoms with Crippen LogP contribution in [-0.2, 0) is 17.8 Å². The molecule has 0 fully saturated rings. The van der Waals surface area contributed by atoms with Crippen molar-refractivity contribution >= 4 is 17.7 Å². The number of carbonyl (C=O) groups is 1. The predicted octanol–water partition coefficient (Wildman–Crippen LogP) is 0.998. The molecule has 0 aliphatic carbocycles. The van der Waals surface area contributed by atoms with Crippen molar-refractivity contribution in [1.29, 1.82) is 0 Å². The molecule has 1 heterocycles. The topological polar surface area (TPSA) is 88.2 Å². The summed E-state index contributed by atoms with van der Waals surface area (Å²) in [5, 5.41) is 15.9. The van der Waals surface area contributed by atoms with Gasteiger partial charge in [0, 0.05) is 6.42 Å². The molecule has 0 aromatic carbocycles. The molecule has 1 aromatic rings. The van der Waals surface area contributed by atoms with Gasteiger partial charge in [0.1, 0.15) is 6.10 Å². The summed E-state index contributed by atoms with van der Waals surface area (Å²) in [4.78, 5) is 15.7. The van der Waals surface area contributed by atoms with Gasteiger partial charge in [-0.25, -0.2) is 0 Å². The molecule has 108 valence electrons. The lowest BCUT2D eigenvalue weighted by atomic mass is 10.1. The van der Waals surface area contributed by atoms with Crippen LogP contribution in [0.5, 0.6) is 0 Å². The Hall–Kier alpha value is -1.08. The molecule has 1 rings (SSSR count). The van der Waals surface area contributed by atoms with Crippen molar-refractivity contribution in [1.82, 2.24) is 15.5 Å². The summed E-state index contributed by atoms with van der Waals surface area (Å²) in [7, 11) is 0. The number of nitrogens with one attached hydrogen (secondary N) is 1. The van der Waals surface area contributed by atoms with E-state index in [0.717, 1.165) is 12.2 Å². The van der Waals surface area contributed by atoms with Crippen LogP contribution >= 0.6 is 11.8 Å². The standard InChI is InChI=1S/C12H21N3O3S/c1-8(2)6-11-14-10(15-18-11)7-13-12(17)9(16)4-5-19-3/h8-9,16H,4-7H2,1-3H3,(H,13,17)/t9-/m1/s1. The number of hydrogen-bond acceptors (Lipinski definition) is 6. The molecule has 2 N–H and O–H groups in total. The van der Waals surface area contributed by atoms with Gasteiger partial charge in [-0.3, -0.25) is 4.79 Å². The number of thioether (sulfide) groups is 1. The number of aliphatic hydroxyl groups excluding tert-OH is 1. The highest BCUT2D eigenvalue weighted by atomic mass is 32.2. The Morgan fingerprint density at radius 1 is 1.53 bits per heavy atom. The zero-order valence-electron chi connectivity index (χ0n) is 11.5. The Balaban J connectivity index is 2.35. The van der Waals surface area contributed by atoms with Crippen molar-refractivity contribution in [3.63, 3.8) is 0 Å². The second-order valence-corrected chi connectivity index (χ2v) is 5.70. The van der Waals surface area contributed by atoms with E-state index in [2.05, 4.69) is 29.3 Å². The van der Waals surface area contributed by atoms with Crippen molar-refractivity contribution in [2.75, 3.05) is 12.0 Å². The van der Waals surface area contributed by atoms with Crippen molar-refractivity contribution in [3.8, 4) is 0 Å². The van der Waals surface area contributed by atoms with Crippen molar-refractivity contribution in [2.24, 2.45) is 5.92 Å². The maximum Gasteiger partial charge on any atom is 0.249 e. The maximum atomic E-state index is 11.6. The van der Waals surface area contributed by atoms with E-state index < -0.39 is 12.0 Å². The molecule has 0 radical (unpaired) electrons. The van der Waals surface area contributed by atoms with E-state index in [9.17, 15) is 9.90 Å². The Morgan fingerprint density at radius 2 is 2.26 bits per heavy atom. The van der Waals surface area contributed by atoms with E-state index in [1.807, 2.05) is 6.26 Å². The van der Waals surface area contributed by atoms with Crippen LogP contribution in [0.1, 0.15) is 32.0 Å². The average Bonchev–Trinajstić information content (AvgIpc) is 2.79. The van der Waals surface area contributed by atoms with Crippen LogP contribution in [0.25, 0.3) is 0 Å². The smallest absolute Gasteiger partial charge is 0.249 e. The highest BCUT2D eigenvalue weighted by molar-refractivity contribution is 7.98. The number of rotatable bonds is 8. The summed E-state index contributed by atoms with van der Waals surface area (Å²) in [5.41, 5.74) is 0. The van der Waals surface area contributed by atoms with Gasteiger partial charge in [0.2, 0.25) is 11.8 Å². The minimum atomic E-state index is -0.977. The minimum absolute atomic E-state index is 0.177. The Kier molecular flexibility index (Phi) is 6.86. The molecule has 0 aliphatic heterocycles. The molecule has 0 bridgehead atoms. The first kappa shape index (κ1) is 16.0. The molecule has 0 saturated heterocycles. The highest BCUT2D eigenvalue weighted by Crippen LogP contribution is 2.05. The van der Waals surface area contributed by atoms with Crippen LogP contribution in [0.15, 0.2) is 4.52 Å². The normalized spacial score (nSPS) is 12.7. The Bertz CT molecular complexity index is 395. The van der Waals surface area contributed by atoms with Gasteiger partial charge in [-0.05, 0) is 24.3 Å².